The molecule has 3 rings (SSSR count). The zero-order chi connectivity index (χ0) is 15.5. The normalized spacial score (nSPS) is 11.2. The van der Waals surface area contributed by atoms with Crippen LogP contribution in [0.15, 0.2) is 53.3 Å². The van der Waals surface area contributed by atoms with Crippen LogP contribution in [-0.2, 0) is 13.2 Å². The summed E-state index contributed by atoms with van der Waals surface area (Å²) in [6, 6.07) is 13.4. The summed E-state index contributed by atoms with van der Waals surface area (Å²) in [5, 5.41) is 8.55. The lowest BCUT2D eigenvalue weighted by Gasteiger charge is -2.17. The van der Waals surface area contributed by atoms with Crippen molar-refractivity contribution in [2.45, 2.75) is 13.2 Å². The SMILES string of the molecule is CN(Cc1ccc(F)cc1)Cn1nnc2ccccc2c1=O. The van der Waals surface area contributed by atoms with E-state index in [-0.39, 0.29) is 11.4 Å². The zero-order valence-electron chi connectivity index (χ0n) is 12.1. The topological polar surface area (TPSA) is 51.0 Å². The van der Waals surface area contributed by atoms with Crippen molar-refractivity contribution in [2.75, 3.05) is 7.05 Å². The monoisotopic (exact) mass is 298 g/mol. The summed E-state index contributed by atoms with van der Waals surface area (Å²) in [6.07, 6.45) is 0. The van der Waals surface area contributed by atoms with E-state index >= 15 is 0 Å². The highest BCUT2D eigenvalue weighted by Crippen LogP contribution is 2.07. The number of benzene rings is 2. The predicted octanol–water partition coefficient (Wildman–Crippen LogP) is 2.02. The van der Waals surface area contributed by atoms with Gasteiger partial charge in [-0.3, -0.25) is 9.69 Å². The van der Waals surface area contributed by atoms with Crippen LogP contribution in [0.25, 0.3) is 10.9 Å². The maximum Gasteiger partial charge on any atom is 0.278 e. The molecular weight excluding hydrogens is 283 g/mol. The summed E-state index contributed by atoms with van der Waals surface area (Å²) in [5.41, 5.74) is 1.38. The Morgan fingerprint density at radius 1 is 1.14 bits per heavy atom. The van der Waals surface area contributed by atoms with Crippen LogP contribution in [0.4, 0.5) is 4.39 Å². The highest BCUT2D eigenvalue weighted by Gasteiger charge is 2.07. The molecule has 0 atom stereocenters. The molecule has 0 spiro atoms. The minimum Gasteiger partial charge on any atom is -0.283 e. The van der Waals surface area contributed by atoms with Crippen LogP contribution in [0, 0.1) is 5.82 Å². The summed E-state index contributed by atoms with van der Waals surface area (Å²) in [4.78, 5) is 14.3. The Bertz CT molecular complexity index is 845. The van der Waals surface area contributed by atoms with Gasteiger partial charge in [-0.2, -0.15) is 4.68 Å². The Balaban J connectivity index is 1.79. The summed E-state index contributed by atoms with van der Waals surface area (Å²) in [6.45, 7) is 0.898. The lowest BCUT2D eigenvalue weighted by molar-refractivity contribution is 0.236. The Morgan fingerprint density at radius 2 is 1.86 bits per heavy atom. The molecule has 0 bridgehead atoms. The molecule has 112 valence electrons. The molecule has 0 N–H and O–H groups in total. The van der Waals surface area contributed by atoms with Gasteiger partial charge >= 0.3 is 0 Å². The van der Waals surface area contributed by atoms with Crippen LogP contribution >= 0.6 is 0 Å². The highest BCUT2D eigenvalue weighted by molar-refractivity contribution is 5.76. The van der Waals surface area contributed by atoms with Gasteiger partial charge in [-0.25, -0.2) is 4.39 Å². The van der Waals surface area contributed by atoms with Crippen LogP contribution in [0.5, 0.6) is 0 Å². The minimum absolute atomic E-state index is 0.170. The molecule has 0 aliphatic rings. The first kappa shape index (κ1) is 14.3. The van der Waals surface area contributed by atoms with Crippen LogP contribution in [0.1, 0.15) is 5.56 Å². The summed E-state index contributed by atoms with van der Waals surface area (Å²) < 4.78 is 14.2. The van der Waals surface area contributed by atoms with E-state index in [0.29, 0.717) is 24.1 Å². The van der Waals surface area contributed by atoms with Crippen molar-refractivity contribution in [3.8, 4) is 0 Å². The molecule has 0 aliphatic carbocycles. The number of hydrogen-bond acceptors (Lipinski definition) is 4. The molecular formula is C16H15FN4O. The second kappa shape index (κ2) is 6.03. The number of rotatable bonds is 4. The Labute approximate surface area is 126 Å². The van der Waals surface area contributed by atoms with Crippen molar-refractivity contribution < 1.29 is 4.39 Å². The summed E-state index contributed by atoms with van der Waals surface area (Å²) >= 11 is 0. The third-order valence-corrected chi connectivity index (χ3v) is 3.37. The van der Waals surface area contributed by atoms with Crippen molar-refractivity contribution in [1.82, 2.24) is 19.9 Å². The maximum atomic E-state index is 12.9. The first-order valence-corrected chi connectivity index (χ1v) is 6.89. The van der Waals surface area contributed by atoms with Gasteiger partial charge in [0.05, 0.1) is 12.1 Å². The Morgan fingerprint density at radius 3 is 2.64 bits per heavy atom. The van der Waals surface area contributed by atoms with Gasteiger partial charge < -0.3 is 0 Å². The lowest BCUT2D eigenvalue weighted by Crippen LogP contribution is -2.32. The van der Waals surface area contributed by atoms with E-state index in [2.05, 4.69) is 10.3 Å². The smallest absolute Gasteiger partial charge is 0.278 e. The van der Waals surface area contributed by atoms with Crippen molar-refractivity contribution in [1.29, 1.82) is 0 Å². The van der Waals surface area contributed by atoms with Gasteiger partial charge in [-0.15, -0.1) is 5.10 Å². The number of aromatic nitrogens is 3. The average molecular weight is 298 g/mol. The molecule has 5 nitrogen and oxygen atoms in total. The number of nitrogens with zero attached hydrogens (tertiary/aromatic N) is 4. The molecule has 0 saturated heterocycles. The molecule has 0 fully saturated rings. The average Bonchev–Trinajstić information content (AvgIpc) is 2.53. The van der Waals surface area contributed by atoms with Crippen LogP contribution < -0.4 is 5.56 Å². The molecule has 3 aromatic rings. The van der Waals surface area contributed by atoms with E-state index in [9.17, 15) is 9.18 Å². The second-order valence-electron chi connectivity index (χ2n) is 5.19. The first-order chi connectivity index (χ1) is 10.6. The molecule has 1 heterocycles. The molecule has 0 unspecified atom stereocenters. The first-order valence-electron chi connectivity index (χ1n) is 6.89. The van der Waals surface area contributed by atoms with E-state index in [1.807, 2.05) is 18.0 Å². The molecule has 0 amide bonds. The molecule has 0 radical (unpaired) electrons. The fraction of sp³-hybridized carbons (Fsp3) is 0.188. The van der Waals surface area contributed by atoms with Crippen LogP contribution in [0.2, 0.25) is 0 Å². The van der Waals surface area contributed by atoms with Crippen molar-refractivity contribution in [3.05, 3.63) is 70.3 Å². The van der Waals surface area contributed by atoms with Crippen molar-refractivity contribution >= 4 is 10.9 Å². The fourth-order valence-corrected chi connectivity index (χ4v) is 2.30. The van der Waals surface area contributed by atoms with Crippen molar-refractivity contribution in [2.24, 2.45) is 0 Å². The lowest BCUT2D eigenvalue weighted by atomic mass is 10.2. The quantitative estimate of drug-likeness (QED) is 0.739. The molecule has 0 saturated carbocycles. The summed E-state index contributed by atoms with van der Waals surface area (Å²) in [5.74, 6) is -0.261. The number of fused-ring (bicyclic) bond motifs is 1. The van der Waals surface area contributed by atoms with E-state index in [1.54, 1.807) is 30.3 Å². The molecule has 1 aromatic heterocycles. The van der Waals surface area contributed by atoms with Gasteiger partial charge in [0, 0.05) is 6.54 Å². The fourth-order valence-electron chi connectivity index (χ4n) is 2.30. The molecule has 0 aliphatic heterocycles. The third kappa shape index (κ3) is 3.01. The minimum atomic E-state index is -0.261. The third-order valence-electron chi connectivity index (χ3n) is 3.37. The maximum absolute atomic E-state index is 12.9. The van der Waals surface area contributed by atoms with Gasteiger partial charge in [0.15, 0.2) is 0 Å². The van der Waals surface area contributed by atoms with E-state index in [0.717, 1.165) is 5.56 Å². The van der Waals surface area contributed by atoms with Crippen LogP contribution in [0.3, 0.4) is 0 Å². The van der Waals surface area contributed by atoms with Gasteiger partial charge in [0.25, 0.3) is 5.56 Å². The second-order valence-corrected chi connectivity index (χ2v) is 5.19. The van der Waals surface area contributed by atoms with Gasteiger partial charge in [-0.05, 0) is 36.9 Å². The number of hydrogen-bond donors (Lipinski definition) is 0. The van der Waals surface area contributed by atoms with Gasteiger partial charge in [0.1, 0.15) is 11.3 Å². The Kier molecular flexibility index (Phi) is 3.93. The van der Waals surface area contributed by atoms with Crippen LogP contribution in [-0.4, -0.2) is 26.9 Å². The molecule has 2 aromatic carbocycles. The van der Waals surface area contributed by atoms with Gasteiger partial charge in [0.2, 0.25) is 0 Å². The Hall–Kier alpha value is -2.60. The number of halogens is 1. The predicted molar refractivity (Wildman–Crippen MR) is 81.7 cm³/mol. The molecule has 22 heavy (non-hydrogen) atoms. The zero-order valence-corrected chi connectivity index (χ0v) is 12.1. The highest BCUT2D eigenvalue weighted by atomic mass is 19.1. The largest absolute Gasteiger partial charge is 0.283 e. The summed E-state index contributed by atoms with van der Waals surface area (Å²) in [7, 11) is 1.87. The standard InChI is InChI=1S/C16H15FN4O/c1-20(10-12-6-8-13(17)9-7-12)11-21-16(22)14-4-2-3-5-15(14)18-19-21/h2-9H,10-11H2,1H3. The van der Waals surface area contributed by atoms with Crippen molar-refractivity contribution in [3.63, 3.8) is 0 Å². The van der Waals surface area contributed by atoms with Gasteiger partial charge in [-0.1, -0.05) is 29.5 Å². The van der Waals surface area contributed by atoms with E-state index in [1.165, 1.54) is 16.8 Å². The van der Waals surface area contributed by atoms with E-state index in [4.69, 9.17) is 0 Å². The van der Waals surface area contributed by atoms with E-state index < -0.39 is 0 Å². The molecule has 6 heteroatoms.